The molecule has 6 nitrogen and oxygen atoms in total. The second-order valence-corrected chi connectivity index (χ2v) is 6.11. The Morgan fingerprint density at radius 1 is 1.44 bits per heavy atom. The fourth-order valence-electron chi connectivity index (χ4n) is 1.35. The van der Waals surface area contributed by atoms with E-state index in [1.54, 1.807) is 13.8 Å². The van der Waals surface area contributed by atoms with Gasteiger partial charge in [0.25, 0.3) is 0 Å². The van der Waals surface area contributed by atoms with Crippen LogP contribution in [0.15, 0.2) is 0 Å². The number of rotatable bonds is 6. The first-order valence-electron chi connectivity index (χ1n) is 5.39. The molecular formula is C9H19N3O3S. The van der Waals surface area contributed by atoms with E-state index in [9.17, 15) is 13.2 Å². The third-order valence-electron chi connectivity index (χ3n) is 2.24. The molecule has 0 aliphatic carbocycles. The number of hydrogen-bond acceptors (Lipinski definition) is 4. The Kier molecular flexibility index (Phi) is 4.69. The first-order valence-corrected chi connectivity index (χ1v) is 7.04. The fourth-order valence-corrected chi connectivity index (χ4v) is 2.55. The van der Waals surface area contributed by atoms with Crippen molar-refractivity contribution in [3.05, 3.63) is 0 Å². The summed E-state index contributed by atoms with van der Waals surface area (Å²) in [5.74, 6) is -0.142. The highest BCUT2D eigenvalue weighted by Crippen LogP contribution is 2.01. The predicted molar refractivity (Wildman–Crippen MR) is 61.4 cm³/mol. The number of amides is 1. The Labute approximate surface area is 96.2 Å². The summed E-state index contributed by atoms with van der Waals surface area (Å²) in [6, 6.07) is -0.114. The van der Waals surface area contributed by atoms with E-state index < -0.39 is 10.0 Å². The predicted octanol–water partition coefficient (Wildman–Crippen LogP) is -1.35. The standard InChI is InChI=1S/C9H19N3O3S/c1-7(2)12-16(14,15)4-3-11-9(13)8-5-10-6-8/h7-8,10,12H,3-6H2,1-2H3,(H,11,13). The van der Waals surface area contributed by atoms with Gasteiger partial charge in [0.05, 0.1) is 11.7 Å². The molecule has 16 heavy (non-hydrogen) atoms. The molecule has 0 aromatic heterocycles. The first-order chi connectivity index (χ1) is 7.41. The van der Waals surface area contributed by atoms with E-state index in [0.29, 0.717) is 13.1 Å². The molecule has 0 bridgehead atoms. The number of sulfonamides is 1. The normalized spacial score (nSPS) is 17.2. The van der Waals surface area contributed by atoms with Crippen LogP contribution < -0.4 is 15.4 Å². The molecule has 0 atom stereocenters. The molecule has 3 N–H and O–H groups in total. The van der Waals surface area contributed by atoms with Crippen molar-refractivity contribution in [1.82, 2.24) is 15.4 Å². The zero-order valence-corrected chi connectivity index (χ0v) is 10.4. The lowest BCUT2D eigenvalue weighted by atomic mass is 10.0. The highest BCUT2D eigenvalue weighted by Gasteiger charge is 2.24. The number of carbonyl (C=O) groups is 1. The maximum atomic E-state index is 11.4. The zero-order valence-electron chi connectivity index (χ0n) is 9.62. The third kappa shape index (κ3) is 4.46. The molecule has 0 saturated carbocycles. The average molecular weight is 249 g/mol. The quantitative estimate of drug-likeness (QED) is 0.543. The van der Waals surface area contributed by atoms with Crippen molar-refractivity contribution < 1.29 is 13.2 Å². The molecule has 0 unspecified atom stereocenters. The Hall–Kier alpha value is -0.660. The van der Waals surface area contributed by atoms with Crippen molar-refractivity contribution in [1.29, 1.82) is 0 Å². The van der Waals surface area contributed by atoms with Crippen LogP contribution in [0.1, 0.15) is 13.8 Å². The molecule has 1 saturated heterocycles. The summed E-state index contributed by atoms with van der Waals surface area (Å²) < 4.78 is 25.3. The highest BCUT2D eigenvalue weighted by molar-refractivity contribution is 7.89. The van der Waals surface area contributed by atoms with Crippen molar-refractivity contribution in [2.45, 2.75) is 19.9 Å². The topological polar surface area (TPSA) is 87.3 Å². The monoisotopic (exact) mass is 249 g/mol. The van der Waals surface area contributed by atoms with Gasteiger partial charge in [-0.3, -0.25) is 4.79 Å². The van der Waals surface area contributed by atoms with E-state index in [-0.39, 0.29) is 30.2 Å². The molecule has 94 valence electrons. The summed E-state index contributed by atoms with van der Waals surface area (Å²) in [5, 5.41) is 5.60. The van der Waals surface area contributed by atoms with E-state index >= 15 is 0 Å². The SMILES string of the molecule is CC(C)NS(=O)(=O)CCNC(=O)C1CNC1. The molecule has 1 fully saturated rings. The second kappa shape index (κ2) is 5.60. The number of nitrogens with one attached hydrogen (secondary N) is 3. The third-order valence-corrected chi connectivity index (χ3v) is 3.81. The molecule has 1 aliphatic heterocycles. The van der Waals surface area contributed by atoms with Gasteiger partial charge in [0, 0.05) is 25.7 Å². The first kappa shape index (κ1) is 13.4. The number of carbonyl (C=O) groups excluding carboxylic acids is 1. The number of hydrogen-bond donors (Lipinski definition) is 3. The molecule has 0 aromatic carbocycles. The minimum atomic E-state index is -3.27. The Morgan fingerprint density at radius 2 is 2.06 bits per heavy atom. The van der Waals surface area contributed by atoms with Crippen LogP contribution in [-0.4, -0.2) is 45.8 Å². The van der Waals surface area contributed by atoms with E-state index in [1.807, 2.05) is 0 Å². The molecule has 0 aromatic rings. The summed E-state index contributed by atoms with van der Waals surface area (Å²) in [6.07, 6.45) is 0. The van der Waals surface area contributed by atoms with Gasteiger partial charge in [0.1, 0.15) is 0 Å². The summed E-state index contributed by atoms with van der Waals surface area (Å²) in [7, 11) is -3.27. The molecule has 1 heterocycles. The van der Waals surface area contributed by atoms with Gasteiger partial charge in [-0.25, -0.2) is 13.1 Å². The van der Waals surface area contributed by atoms with Gasteiger partial charge in [-0.15, -0.1) is 0 Å². The van der Waals surface area contributed by atoms with Crippen molar-refractivity contribution in [2.75, 3.05) is 25.4 Å². The highest BCUT2D eigenvalue weighted by atomic mass is 32.2. The van der Waals surface area contributed by atoms with Gasteiger partial charge < -0.3 is 10.6 Å². The van der Waals surface area contributed by atoms with E-state index in [0.717, 1.165) is 0 Å². The lowest BCUT2D eigenvalue weighted by Crippen LogP contribution is -2.51. The molecule has 1 rings (SSSR count). The Balaban J connectivity index is 2.21. The molecule has 0 spiro atoms. The van der Waals surface area contributed by atoms with Crippen molar-refractivity contribution >= 4 is 15.9 Å². The van der Waals surface area contributed by atoms with Gasteiger partial charge in [-0.2, -0.15) is 0 Å². The van der Waals surface area contributed by atoms with Crippen LogP contribution in [-0.2, 0) is 14.8 Å². The molecule has 0 radical (unpaired) electrons. The lowest BCUT2D eigenvalue weighted by molar-refractivity contribution is -0.126. The lowest BCUT2D eigenvalue weighted by Gasteiger charge is -2.25. The summed E-state index contributed by atoms with van der Waals surface area (Å²) in [6.45, 7) is 5.05. The van der Waals surface area contributed by atoms with Crippen molar-refractivity contribution in [3.8, 4) is 0 Å². The minimum Gasteiger partial charge on any atom is -0.355 e. The van der Waals surface area contributed by atoms with E-state index in [1.165, 1.54) is 0 Å². The average Bonchev–Trinajstić information content (AvgIpc) is 1.96. The molecule has 1 amide bonds. The summed E-state index contributed by atoms with van der Waals surface area (Å²) in [4.78, 5) is 11.4. The van der Waals surface area contributed by atoms with Gasteiger partial charge in [-0.05, 0) is 13.8 Å². The fraction of sp³-hybridized carbons (Fsp3) is 0.889. The molecule has 7 heteroatoms. The molecular weight excluding hydrogens is 230 g/mol. The van der Waals surface area contributed by atoms with Gasteiger partial charge in [-0.1, -0.05) is 0 Å². The Bertz CT molecular complexity index is 336. The minimum absolute atomic E-state index is 0.000706. The summed E-state index contributed by atoms with van der Waals surface area (Å²) >= 11 is 0. The van der Waals surface area contributed by atoms with Gasteiger partial charge >= 0.3 is 0 Å². The van der Waals surface area contributed by atoms with Crippen molar-refractivity contribution in [3.63, 3.8) is 0 Å². The van der Waals surface area contributed by atoms with Gasteiger partial charge in [0.2, 0.25) is 15.9 Å². The maximum absolute atomic E-state index is 11.4. The van der Waals surface area contributed by atoms with Crippen LogP contribution in [0.5, 0.6) is 0 Å². The van der Waals surface area contributed by atoms with Gasteiger partial charge in [0.15, 0.2) is 0 Å². The van der Waals surface area contributed by atoms with Crippen LogP contribution in [0.25, 0.3) is 0 Å². The van der Waals surface area contributed by atoms with Crippen LogP contribution in [0, 0.1) is 5.92 Å². The van der Waals surface area contributed by atoms with Crippen molar-refractivity contribution in [2.24, 2.45) is 5.92 Å². The largest absolute Gasteiger partial charge is 0.355 e. The van der Waals surface area contributed by atoms with E-state index in [2.05, 4.69) is 15.4 Å². The second-order valence-electron chi connectivity index (χ2n) is 4.24. The van der Waals surface area contributed by atoms with Crippen LogP contribution in [0.4, 0.5) is 0 Å². The van der Waals surface area contributed by atoms with Crippen LogP contribution in [0.2, 0.25) is 0 Å². The maximum Gasteiger partial charge on any atom is 0.225 e. The smallest absolute Gasteiger partial charge is 0.225 e. The van der Waals surface area contributed by atoms with Crippen LogP contribution in [0.3, 0.4) is 0 Å². The summed E-state index contributed by atoms with van der Waals surface area (Å²) in [5.41, 5.74) is 0. The zero-order chi connectivity index (χ0) is 12.2. The molecule has 1 aliphatic rings. The van der Waals surface area contributed by atoms with E-state index in [4.69, 9.17) is 0 Å². The Morgan fingerprint density at radius 3 is 2.50 bits per heavy atom. The van der Waals surface area contributed by atoms with Crippen LogP contribution >= 0.6 is 0 Å².